The fourth-order valence-corrected chi connectivity index (χ4v) is 6.09. The molecule has 2 unspecified atom stereocenters. The van der Waals surface area contributed by atoms with Crippen LogP contribution in [0.2, 0.25) is 0 Å². The van der Waals surface area contributed by atoms with Crippen molar-refractivity contribution in [3.05, 3.63) is 59.7 Å². The van der Waals surface area contributed by atoms with Gasteiger partial charge in [-0.2, -0.15) is 0 Å². The molecule has 0 saturated carbocycles. The standard InChI is InChI=1S/C28H42O5P2/c1-4-5-6-7-8-9-10-11-12-13-14-23-30-35-32-27-21-17-25(18-22-27)28(2,3)24-15-19-26(20-16-24)31-34(29)33-35/h15-22,29H,4-14,23H2,1-3H3. The third-order valence-electron chi connectivity index (χ3n) is 6.60. The summed E-state index contributed by atoms with van der Waals surface area (Å²) >= 11 is 0. The Hall–Kier alpha value is -1.22. The van der Waals surface area contributed by atoms with Crippen LogP contribution in [0.15, 0.2) is 48.5 Å². The van der Waals surface area contributed by atoms with E-state index in [1.807, 2.05) is 36.4 Å². The molecule has 1 N–H and O–H groups in total. The Labute approximate surface area is 214 Å². The molecule has 0 spiro atoms. The van der Waals surface area contributed by atoms with Crippen molar-refractivity contribution in [3.8, 4) is 11.5 Å². The Morgan fingerprint density at radius 3 is 1.66 bits per heavy atom. The van der Waals surface area contributed by atoms with E-state index in [4.69, 9.17) is 17.9 Å². The zero-order chi connectivity index (χ0) is 24.9. The van der Waals surface area contributed by atoms with Crippen LogP contribution in [-0.2, 0) is 14.2 Å². The molecule has 4 bridgehead atoms. The number of unbranched alkanes of at least 4 members (excludes halogenated alkanes) is 10. The van der Waals surface area contributed by atoms with Gasteiger partial charge in [0.05, 0.1) is 6.61 Å². The van der Waals surface area contributed by atoms with E-state index in [1.54, 1.807) is 0 Å². The molecule has 4 aliphatic heterocycles. The van der Waals surface area contributed by atoms with Crippen molar-refractivity contribution >= 4 is 17.2 Å². The maximum atomic E-state index is 10.4. The van der Waals surface area contributed by atoms with Gasteiger partial charge in [-0.1, -0.05) is 109 Å². The predicted molar refractivity (Wildman–Crippen MR) is 146 cm³/mol. The lowest BCUT2D eigenvalue weighted by molar-refractivity contribution is 0.248. The molecule has 0 fully saturated rings. The van der Waals surface area contributed by atoms with E-state index in [9.17, 15) is 4.89 Å². The van der Waals surface area contributed by atoms with E-state index < -0.39 is 17.2 Å². The van der Waals surface area contributed by atoms with Gasteiger partial charge in [0.15, 0.2) is 0 Å². The molecule has 2 aromatic carbocycles. The van der Waals surface area contributed by atoms with E-state index in [-0.39, 0.29) is 5.41 Å². The maximum Gasteiger partial charge on any atom is 0.405 e. The Morgan fingerprint density at radius 1 is 0.686 bits per heavy atom. The van der Waals surface area contributed by atoms with Gasteiger partial charge in [-0.05, 0) is 41.8 Å². The monoisotopic (exact) mass is 520 g/mol. The molecule has 0 aliphatic carbocycles. The molecule has 35 heavy (non-hydrogen) atoms. The van der Waals surface area contributed by atoms with Gasteiger partial charge in [0.25, 0.3) is 0 Å². The minimum atomic E-state index is -2.17. The molecular formula is C28H42O5P2. The second kappa shape index (κ2) is 15.1. The average molecular weight is 521 g/mol. The zero-order valence-electron chi connectivity index (χ0n) is 21.6. The first kappa shape index (κ1) is 28.4. The van der Waals surface area contributed by atoms with Gasteiger partial charge in [-0.25, -0.2) is 4.31 Å². The summed E-state index contributed by atoms with van der Waals surface area (Å²) in [6, 6.07) is 15.8. The van der Waals surface area contributed by atoms with Crippen molar-refractivity contribution in [1.29, 1.82) is 0 Å². The second-order valence-corrected chi connectivity index (χ2v) is 12.0. The molecule has 5 nitrogen and oxygen atoms in total. The Kier molecular flexibility index (Phi) is 12.3. The molecule has 194 valence electrons. The summed E-state index contributed by atoms with van der Waals surface area (Å²) in [5, 5.41) is 0. The van der Waals surface area contributed by atoms with Gasteiger partial charge in [0.2, 0.25) is 0 Å². The quantitative estimate of drug-likeness (QED) is 0.210. The van der Waals surface area contributed by atoms with Crippen LogP contribution in [0.3, 0.4) is 0 Å². The van der Waals surface area contributed by atoms with Gasteiger partial charge >= 0.3 is 17.2 Å². The Morgan fingerprint density at radius 2 is 1.14 bits per heavy atom. The minimum Gasteiger partial charge on any atom is -0.427 e. The van der Waals surface area contributed by atoms with Gasteiger partial charge in [0.1, 0.15) is 11.5 Å². The van der Waals surface area contributed by atoms with Crippen molar-refractivity contribution in [2.24, 2.45) is 0 Å². The van der Waals surface area contributed by atoms with Crippen LogP contribution in [0.25, 0.3) is 0 Å². The number of hydrogen-bond donors (Lipinski definition) is 1. The van der Waals surface area contributed by atoms with E-state index in [1.165, 1.54) is 63.4 Å². The summed E-state index contributed by atoms with van der Waals surface area (Å²) in [6.07, 6.45) is 14.1. The highest BCUT2D eigenvalue weighted by Crippen LogP contribution is 2.53. The molecule has 2 aromatic rings. The SMILES string of the molecule is CCCCCCCCCCCCCOP1Oc2ccc(cc2)C(C)(C)c2ccc(cc2)OP(O)O1. The van der Waals surface area contributed by atoms with Crippen LogP contribution in [0, 0.1) is 0 Å². The normalized spacial score (nSPS) is 19.2. The van der Waals surface area contributed by atoms with Crippen LogP contribution in [-0.4, -0.2) is 11.5 Å². The molecule has 4 aliphatic rings. The fourth-order valence-electron chi connectivity index (χ4n) is 4.25. The van der Waals surface area contributed by atoms with Crippen LogP contribution in [0.1, 0.15) is 103 Å². The van der Waals surface area contributed by atoms with Crippen LogP contribution in [0.5, 0.6) is 11.5 Å². The molecule has 4 heterocycles. The third-order valence-corrected chi connectivity index (χ3v) is 8.81. The maximum absolute atomic E-state index is 10.4. The lowest BCUT2D eigenvalue weighted by Crippen LogP contribution is -2.18. The molecule has 0 saturated heterocycles. The number of rotatable bonds is 13. The Balaban J connectivity index is 1.46. The number of benzene rings is 2. The van der Waals surface area contributed by atoms with Crippen molar-refractivity contribution < 1.29 is 22.8 Å². The first-order valence-corrected chi connectivity index (χ1v) is 15.4. The van der Waals surface area contributed by atoms with Crippen LogP contribution in [0.4, 0.5) is 0 Å². The summed E-state index contributed by atoms with van der Waals surface area (Å²) in [5.41, 5.74) is 2.18. The second-order valence-electron chi connectivity index (χ2n) is 9.77. The van der Waals surface area contributed by atoms with E-state index in [2.05, 4.69) is 32.9 Å². The minimum absolute atomic E-state index is 0.169. The van der Waals surface area contributed by atoms with Gasteiger partial charge < -0.3 is 18.5 Å². The molecule has 2 atom stereocenters. The molecule has 7 heteroatoms. The van der Waals surface area contributed by atoms with Crippen LogP contribution < -0.4 is 9.05 Å². The number of hydrogen-bond acceptors (Lipinski definition) is 5. The highest BCUT2D eigenvalue weighted by Gasteiger charge is 2.27. The first-order chi connectivity index (χ1) is 17.0. The third kappa shape index (κ3) is 9.63. The van der Waals surface area contributed by atoms with Crippen molar-refractivity contribution in [1.82, 2.24) is 0 Å². The van der Waals surface area contributed by atoms with Crippen molar-refractivity contribution in [3.63, 3.8) is 0 Å². The van der Waals surface area contributed by atoms with Gasteiger partial charge in [-0.15, -0.1) is 0 Å². The topological polar surface area (TPSA) is 57.2 Å². The lowest BCUT2D eigenvalue weighted by Gasteiger charge is -2.27. The highest BCUT2D eigenvalue weighted by molar-refractivity contribution is 7.55. The van der Waals surface area contributed by atoms with Gasteiger partial charge in [-0.3, -0.25) is 0 Å². The summed E-state index contributed by atoms with van der Waals surface area (Å²) in [5.74, 6) is 1.22. The highest BCUT2D eigenvalue weighted by atomic mass is 31.2. The zero-order valence-corrected chi connectivity index (χ0v) is 23.4. The fraction of sp³-hybridized carbons (Fsp3) is 0.571. The molecule has 0 amide bonds. The summed E-state index contributed by atoms with van der Waals surface area (Å²) in [6.45, 7) is 7.18. The van der Waals surface area contributed by atoms with E-state index in [0.29, 0.717) is 18.1 Å². The van der Waals surface area contributed by atoms with Crippen LogP contribution >= 0.6 is 17.2 Å². The van der Waals surface area contributed by atoms with Crippen molar-refractivity contribution in [2.75, 3.05) is 6.61 Å². The van der Waals surface area contributed by atoms with E-state index in [0.717, 1.165) is 18.4 Å². The Bertz CT molecular complexity index is 841. The molecule has 0 radical (unpaired) electrons. The van der Waals surface area contributed by atoms with Gasteiger partial charge in [0, 0.05) is 5.41 Å². The van der Waals surface area contributed by atoms with E-state index >= 15 is 0 Å². The largest absolute Gasteiger partial charge is 0.427 e. The summed E-state index contributed by atoms with van der Waals surface area (Å²) in [7, 11) is -3.95. The predicted octanol–water partition coefficient (Wildman–Crippen LogP) is 9.57. The summed E-state index contributed by atoms with van der Waals surface area (Å²) < 4.78 is 23.2. The smallest absolute Gasteiger partial charge is 0.405 e. The molecule has 0 aromatic heterocycles. The molecule has 6 rings (SSSR count). The lowest BCUT2D eigenvalue weighted by atomic mass is 9.78. The summed E-state index contributed by atoms with van der Waals surface area (Å²) in [4.78, 5) is 10.4. The average Bonchev–Trinajstić information content (AvgIpc) is 2.85. The molecular weight excluding hydrogens is 478 g/mol. The first-order valence-electron chi connectivity index (χ1n) is 13.2. The van der Waals surface area contributed by atoms with Crippen molar-refractivity contribution in [2.45, 2.75) is 96.8 Å².